The van der Waals surface area contributed by atoms with E-state index in [1.54, 1.807) is 13.1 Å². The molecular formula is C16H23Cl2N3O3. The summed E-state index contributed by atoms with van der Waals surface area (Å²) in [7, 11) is 1.64. The Hall–Kier alpha value is -1.05. The molecule has 1 fully saturated rings. The standard InChI is InChI=1S/C16H23Cl2N3O3/c1-21(5-6-22)16(23)20-10-15-12(9-19-4-7-24-15)11-2-3-13(17)14(18)8-11/h2-3,8,12,15,19,22H,4-7,9-10H2,1H3,(H,20,23). The summed E-state index contributed by atoms with van der Waals surface area (Å²) in [6.45, 7) is 2.65. The first-order chi connectivity index (χ1) is 11.5. The van der Waals surface area contributed by atoms with Crippen molar-refractivity contribution in [1.82, 2.24) is 15.5 Å². The number of hydrogen-bond acceptors (Lipinski definition) is 4. The van der Waals surface area contributed by atoms with Crippen molar-refractivity contribution >= 4 is 29.2 Å². The normalized spacial score (nSPS) is 21.2. The van der Waals surface area contributed by atoms with E-state index in [-0.39, 0.29) is 31.2 Å². The van der Waals surface area contributed by atoms with Gasteiger partial charge in [-0.1, -0.05) is 29.3 Å². The van der Waals surface area contributed by atoms with Crippen molar-refractivity contribution in [1.29, 1.82) is 0 Å². The molecule has 2 rings (SSSR count). The van der Waals surface area contributed by atoms with Crippen LogP contribution in [0.2, 0.25) is 10.0 Å². The molecule has 0 bridgehead atoms. The second kappa shape index (κ2) is 9.44. The topological polar surface area (TPSA) is 73.8 Å². The van der Waals surface area contributed by atoms with Gasteiger partial charge in [-0.2, -0.15) is 0 Å². The van der Waals surface area contributed by atoms with Crippen LogP contribution in [-0.4, -0.2) is 68.6 Å². The van der Waals surface area contributed by atoms with Gasteiger partial charge in [-0.15, -0.1) is 0 Å². The summed E-state index contributed by atoms with van der Waals surface area (Å²) in [5, 5.41) is 16.1. The molecule has 1 aliphatic rings. The van der Waals surface area contributed by atoms with Crippen LogP contribution in [-0.2, 0) is 4.74 Å². The molecule has 8 heteroatoms. The summed E-state index contributed by atoms with van der Waals surface area (Å²) in [4.78, 5) is 13.4. The molecule has 1 aliphatic heterocycles. The third-order valence-corrected chi connectivity index (χ3v) is 4.77. The molecule has 6 nitrogen and oxygen atoms in total. The van der Waals surface area contributed by atoms with Crippen molar-refractivity contribution in [3.05, 3.63) is 33.8 Å². The fraction of sp³-hybridized carbons (Fsp3) is 0.562. The molecule has 0 saturated carbocycles. The summed E-state index contributed by atoms with van der Waals surface area (Å²) >= 11 is 12.1. The Balaban J connectivity index is 2.06. The van der Waals surface area contributed by atoms with E-state index in [4.69, 9.17) is 33.0 Å². The number of likely N-dealkylation sites (N-methyl/N-ethyl adjacent to an activating group) is 1. The maximum atomic E-state index is 12.0. The number of urea groups is 1. The number of aliphatic hydroxyl groups is 1. The average molecular weight is 376 g/mol. The minimum Gasteiger partial charge on any atom is -0.395 e. The summed E-state index contributed by atoms with van der Waals surface area (Å²) in [6, 6.07) is 5.31. The van der Waals surface area contributed by atoms with E-state index in [1.165, 1.54) is 4.90 Å². The molecule has 1 aromatic carbocycles. The molecule has 0 aromatic heterocycles. The predicted octanol–water partition coefficient (Wildman–Crippen LogP) is 1.70. The van der Waals surface area contributed by atoms with Crippen LogP contribution in [0.15, 0.2) is 18.2 Å². The van der Waals surface area contributed by atoms with Crippen LogP contribution in [0.5, 0.6) is 0 Å². The summed E-state index contributed by atoms with van der Waals surface area (Å²) in [5.74, 6) is 0.0470. The van der Waals surface area contributed by atoms with Crippen LogP contribution in [0.3, 0.4) is 0 Å². The van der Waals surface area contributed by atoms with Gasteiger partial charge < -0.3 is 25.4 Å². The number of aliphatic hydroxyl groups excluding tert-OH is 1. The Morgan fingerprint density at radius 3 is 2.96 bits per heavy atom. The van der Waals surface area contributed by atoms with Crippen molar-refractivity contribution in [3.8, 4) is 0 Å². The minimum absolute atomic E-state index is 0.0470. The van der Waals surface area contributed by atoms with Crippen molar-refractivity contribution in [3.63, 3.8) is 0 Å². The highest BCUT2D eigenvalue weighted by atomic mass is 35.5. The van der Waals surface area contributed by atoms with Gasteiger partial charge in [0.15, 0.2) is 0 Å². The summed E-state index contributed by atoms with van der Waals surface area (Å²) in [6.07, 6.45) is -0.177. The molecule has 2 atom stereocenters. The highest BCUT2D eigenvalue weighted by molar-refractivity contribution is 6.42. The van der Waals surface area contributed by atoms with E-state index in [9.17, 15) is 4.79 Å². The first-order valence-electron chi connectivity index (χ1n) is 7.90. The van der Waals surface area contributed by atoms with Crippen LogP contribution in [0.1, 0.15) is 11.5 Å². The second-order valence-corrected chi connectivity index (χ2v) is 6.54. The van der Waals surface area contributed by atoms with Gasteiger partial charge in [0.2, 0.25) is 0 Å². The van der Waals surface area contributed by atoms with Crippen LogP contribution in [0, 0.1) is 0 Å². The number of nitrogens with one attached hydrogen (secondary N) is 2. The lowest BCUT2D eigenvalue weighted by molar-refractivity contribution is 0.0528. The lowest BCUT2D eigenvalue weighted by Gasteiger charge is -2.27. The molecule has 0 radical (unpaired) electrons. The smallest absolute Gasteiger partial charge is 0.317 e. The van der Waals surface area contributed by atoms with Crippen molar-refractivity contribution < 1.29 is 14.6 Å². The molecule has 134 valence electrons. The van der Waals surface area contributed by atoms with Gasteiger partial charge in [0.25, 0.3) is 0 Å². The minimum atomic E-state index is -0.238. The Labute approximate surface area is 152 Å². The zero-order valence-electron chi connectivity index (χ0n) is 13.6. The molecule has 2 unspecified atom stereocenters. The van der Waals surface area contributed by atoms with E-state index in [1.807, 2.05) is 12.1 Å². The molecule has 2 amide bonds. The van der Waals surface area contributed by atoms with E-state index in [0.717, 1.165) is 18.7 Å². The van der Waals surface area contributed by atoms with Gasteiger partial charge in [-0.05, 0) is 17.7 Å². The van der Waals surface area contributed by atoms with Gasteiger partial charge >= 0.3 is 6.03 Å². The monoisotopic (exact) mass is 375 g/mol. The maximum absolute atomic E-state index is 12.0. The molecule has 3 N–H and O–H groups in total. The fourth-order valence-electron chi connectivity index (χ4n) is 2.64. The van der Waals surface area contributed by atoms with Crippen molar-refractivity contribution in [2.24, 2.45) is 0 Å². The molecule has 1 heterocycles. The molecule has 1 saturated heterocycles. The average Bonchev–Trinajstić information content (AvgIpc) is 2.80. The van der Waals surface area contributed by atoms with Gasteiger partial charge in [-0.3, -0.25) is 0 Å². The van der Waals surface area contributed by atoms with Crippen LogP contribution < -0.4 is 10.6 Å². The van der Waals surface area contributed by atoms with Crippen LogP contribution in [0.4, 0.5) is 4.79 Å². The third-order valence-electron chi connectivity index (χ3n) is 4.03. The Bertz CT molecular complexity index is 559. The Morgan fingerprint density at radius 1 is 1.46 bits per heavy atom. The van der Waals surface area contributed by atoms with Gasteiger partial charge in [0, 0.05) is 39.1 Å². The fourth-order valence-corrected chi connectivity index (χ4v) is 2.95. The van der Waals surface area contributed by atoms with E-state index in [0.29, 0.717) is 23.2 Å². The number of ether oxygens (including phenoxy) is 1. The zero-order valence-corrected chi connectivity index (χ0v) is 15.1. The van der Waals surface area contributed by atoms with Gasteiger partial charge in [-0.25, -0.2) is 4.79 Å². The summed E-state index contributed by atoms with van der Waals surface area (Å²) in [5.41, 5.74) is 1.02. The lowest BCUT2D eigenvalue weighted by atomic mass is 9.93. The van der Waals surface area contributed by atoms with Crippen molar-refractivity contribution in [2.45, 2.75) is 12.0 Å². The predicted molar refractivity (Wildman–Crippen MR) is 94.9 cm³/mol. The van der Waals surface area contributed by atoms with Gasteiger partial charge in [0.05, 0.1) is 29.4 Å². The van der Waals surface area contributed by atoms with E-state index < -0.39 is 0 Å². The first kappa shape index (κ1) is 19.3. The van der Waals surface area contributed by atoms with Crippen molar-refractivity contribution in [2.75, 3.05) is 46.4 Å². The molecule has 0 aliphatic carbocycles. The number of amides is 2. The number of halogens is 2. The molecular weight excluding hydrogens is 353 g/mol. The largest absolute Gasteiger partial charge is 0.395 e. The first-order valence-corrected chi connectivity index (χ1v) is 8.65. The molecule has 0 spiro atoms. The zero-order chi connectivity index (χ0) is 17.5. The maximum Gasteiger partial charge on any atom is 0.317 e. The molecule has 24 heavy (non-hydrogen) atoms. The molecule has 1 aromatic rings. The van der Waals surface area contributed by atoms with E-state index in [2.05, 4.69) is 10.6 Å². The Kier molecular flexibility index (Phi) is 7.58. The van der Waals surface area contributed by atoms with Gasteiger partial charge in [0.1, 0.15) is 0 Å². The number of carbonyl (C=O) groups excluding carboxylic acids is 1. The number of benzene rings is 1. The third kappa shape index (κ3) is 5.22. The quantitative estimate of drug-likeness (QED) is 0.732. The number of rotatable bonds is 5. The number of hydrogen-bond donors (Lipinski definition) is 3. The van der Waals surface area contributed by atoms with Crippen LogP contribution >= 0.6 is 23.2 Å². The highest BCUT2D eigenvalue weighted by Crippen LogP contribution is 2.29. The summed E-state index contributed by atoms with van der Waals surface area (Å²) < 4.78 is 5.91. The number of carbonyl (C=O) groups is 1. The number of nitrogens with zero attached hydrogens (tertiary/aromatic N) is 1. The SMILES string of the molecule is CN(CCO)C(=O)NCC1OCCNCC1c1ccc(Cl)c(Cl)c1. The Morgan fingerprint density at radius 2 is 2.25 bits per heavy atom. The van der Waals surface area contributed by atoms with Crippen LogP contribution in [0.25, 0.3) is 0 Å². The van der Waals surface area contributed by atoms with E-state index >= 15 is 0 Å². The highest BCUT2D eigenvalue weighted by Gasteiger charge is 2.27. The second-order valence-electron chi connectivity index (χ2n) is 5.72. The lowest BCUT2D eigenvalue weighted by Crippen LogP contribution is -2.44.